The molecule has 0 radical (unpaired) electrons. The summed E-state index contributed by atoms with van der Waals surface area (Å²) in [5.41, 5.74) is 0.759. The van der Waals surface area contributed by atoms with Crippen LogP contribution in [-0.2, 0) is 34.5 Å². The highest BCUT2D eigenvalue weighted by atomic mass is 31.2. The molecule has 0 spiro atoms. The fourth-order valence-corrected chi connectivity index (χ4v) is 2.33. The summed E-state index contributed by atoms with van der Waals surface area (Å²) in [6, 6.07) is 7.60. The van der Waals surface area contributed by atoms with Crippen molar-refractivity contribution in [3.05, 3.63) is 35.9 Å². The largest absolute Gasteiger partial charge is 0.472 e. The summed E-state index contributed by atoms with van der Waals surface area (Å²) in [6.45, 7) is 0.839. The standard InChI is InChI=1S/C14H20NO8P/c1-3-22-24(18,19)23-10-12(13(16)20-2)15-14(17)21-9-11-7-5-4-6-8-11/h4-8,12H,3,9-10H2,1-2H3,(H,15,17)(H,18,19). The Morgan fingerprint density at radius 3 is 2.50 bits per heavy atom. The lowest BCUT2D eigenvalue weighted by Crippen LogP contribution is -2.44. The first-order valence-electron chi connectivity index (χ1n) is 7.05. The second kappa shape index (κ2) is 10.0. The average molecular weight is 361 g/mol. The van der Waals surface area contributed by atoms with Crippen molar-refractivity contribution in [2.24, 2.45) is 0 Å². The van der Waals surface area contributed by atoms with Gasteiger partial charge in [0.1, 0.15) is 6.61 Å². The van der Waals surface area contributed by atoms with Crippen LogP contribution in [0.1, 0.15) is 12.5 Å². The highest BCUT2D eigenvalue weighted by Gasteiger charge is 2.28. The van der Waals surface area contributed by atoms with Gasteiger partial charge in [-0.2, -0.15) is 0 Å². The molecule has 10 heteroatoms. The van der Waals surface area contributed by atoms with Gasteiger partial charge in [0.25, 0.3) is 0 Å². The molecule has 0 heterocycles. The summed E-state index contributed by atoms with van der Waals surface area (Å²) < 4.78 is 30.0. The molecule has 0 saturated heterocycles. The Morgan fingerprint density at radius 2 is 1.92 bits per heavy atom. The highest BCUT2D eigenvalue weighted by molar-refractivity contribution is 7.47. The first-order chi connectivity index (χ1) is 11.4. The van der Waals surface area contributed by atoms with Gasteiger partial charge in [0.15, 0.2) is 6.04 Å². The molecule has 0 aliphatic heterocycles. The molecule has 24 heavy (non-hydrogen) atoms. The fraction of sp³-hybridized carbons (Fsp3) is 0.429. The van der Waals surface area contributed by atoms with E-state index in [2.05, 4.69) is 19.1 Å². The Hall–Kier alpha value is -1.93. The zero-order valence-corrected chi connectivity index (χ0v) is 14.2. The Kier molecular flexibility index (Phi) is 8.42. The van der Waals surface area contributed by atoms with Gasteiger partial charge < -0.3 is 19.7 Å². The summed E-state index contributed by atoms with van der Waals surface area (Å²) in [5.74, 6) is -0.858. The van der Waals surface area contributed by atoms with E-state index in [1.165, 1.54) is 6.92 Å². The molecule has 2 atom stereocenters. The normalized spacial score (nSPS) is 14.3. The Morgan fingerprint density at radius 1 is 1.25 bits per heavy atom. The van der Waals surface area contributed by atoms with Crippen LogP contribution in [0, 0.1) is 0 Å². The number of amides is 1. The van der Waals surface area contributed by atoms with Crippen molar-refractivity contribution < 1.29 is 37.6 Å². The lowest BCUT2D eigenvalue weighted by molar-refractivity contribution is -0.143. The van der Waals surface area contributed by atoms with Crippen molar-refractivity contribution in [1.29, 1.82) is 0 Å². The van der Waals surface area contributed by atoms with E-state index in [0.717, 1.165) is 12.7 Å². The van der Waals surface area contributed by atoms with Gasteiger partial charge in [-0.1, -0.05) is 30.3 Å². The van der Waals surface area contributed by atoms with Crippen molar-refractivity contribution in [3.8, 4) is 0 Å². The molecular weight excluding hydrogens is 341 g/mol. The topological polar surface area (TPSA) is 120 Å². The molecule has 1 amide bonds. The van der Waals surface area contributed by atoms with E-state index in [9.17, 15) is 19.0 Å². The van der Waals surface area contributed by atoms with Crippen LogP contribution in [0.4, 0.5) is 4.79 Å². The molecular formula is C14H20NO8P. The lowest BCUT2D eigenvalue weighted by Gasteiger charge is -2.18. The van der Waals surface area contributed by atoms with Crippen LogP contribution in [0.2, 0.25) is 0 Å². The minimum absolute atomic E-state index is 0.00113. The summed E-state index contributed by atoms with van der Waals surface area (Å²) in [6.07, 6.45) is -0.901. The van der Waals surface area contributed by atoms with Crippen LogP contribution in [0.25, 0.3) is 0 Å². The molecule has 9 nitrogen and oxygen atoms in total. The van der Waals surface area contributed by atoms with Gasteiger partial charge in [-0.15, -0.1) is 0 Å². The van der Waals surface area contributed by atoms with Crippen molar-refractivity contribution in [2.45, 2.75) is 19.6 Å². The van der Waals surface area contributed by atoms with E-state index in [0.29, 0.717) is 0 Å². The van der Waals surface area contributed by atoms with Crippen LogP contribution in [0.15, 0.2) is 30.3 Å². The molecule has 0 bridgehead atoms. The molecule has 134 valence electrons. The summed E-state index contributed by atoms with van der Waals surface area (Å²) in [4.78, 5) is 32.7. The third-order valence-electron chi connectivity index (χ3n) is 2.69. The maximum Gasteiger partial charge on any atom is 0.472 e. The number of carbonyl (C=O) groups is 2. The second-order valence-corrected chi connectivity index (χ2v) is 5.92. The first kappa shape index (κ1) is 20.1. The number of ether oxygens (including phenoxy) is 2. The van der Waals surface area contributed by atoms with Crippen LogP contribution in [0.5, 0.6) is 0 Å². The van der Waals surface area contributed by atoms with Crippen molar-refractivity contribution in [1.82, 2.24) is 5.32 Å². The maximum absolute atomic E-state index is 11.7. The second-order valence-electron chi connectivity index (χ2n) is 4.46. The molecule has 0 aliphatic rings. The molecule has 1 rings (SSSR count). The maximum atomic E-state index is 11.7. The molecule has 1 aromatic carbocycles. The number of hydrogen-bond acceptors (Lipinski definition) is 7. The summed E-state index contributed by atoms with van der Waals surface area (Å²) in [5, 5.41) is 2.20. The number of benzene rings is 1. The van der Waals surface area contributed by atoms with Gasteiger partial charge >= 0.3 is 19.9 Å². The van der Waals surface area contributed by atoms with Crippen molar-refractivity contribution in [3.63, 3.8) is 0 Å². The van der Waals surface area contributed by atoms with Crippen LogP contribution < -0.4 is 5.32 Å². The van der Waals surface area contributed by atoms with Crippen LogP contribution in [0.3, 0.4) is 0 Å². The quantitative estimate of drug-likeness (QED) is 0.503. The Bertz CT molecular complexity index is 579. The molecule has 0 saturated carbocycles. The Labute approximate surface area is 139 Å². The number of alkyl carbamates (subject to hydrolysis) is 1. The number of esters is 1. The minimum atomic E-state index is -4.30. The number of phosphoric ester groups is 1. The van der Waals surface area contributed by atoms with E-state index < -0.39 is 32.5 Å². The monoisotopic (exact) mass is 361 g/mol. The molecule has 0 aliphatic carbocycles. The smallest absolute Gasteiger partial charge is 0.467 e. The van der Waals surface area contributed by atoms with Crippen molar-refractivity contribution >= 4 is 19.9 Å². The Balaban J connectivity index is 2.54. The molecule has 0 fully saturated rings. The zero-order valence-electron chi connectivity index (χ0n) is 13.3. The first-order valence-corrected chi connectivity index (χ1v) is 8.54. The SMILES string of the molecule is CCOP(=O)(O)OCC(NC(=O)OCc1ccccc1)C(=O)OC. The molecule has 1 aromatic rings. The van der Waals surface area contributed by atoms with E-state index in [1.54, 1.807) is 24.3 Å². The number of nitrogens with one attached hydrogen (secondary N) is 1. The highest BCUT2D eigenvalue weighted by Crippen LogP contribution is 2.42. The summed E-state index contributed by atoms with van der Waals surface area (Å²) in [7, 11) is -3.20. The fourth-order valence-electron chi connectivity index (χ4n) is 1.59. The number of carbonyl (C=O) groups excluding carboxylic acids is 2. The zero-order chi connectivity index (χ0) is 18.0. The van der Waals surface area contributed by atoms with E-state index in [-0.39, 0.29) is 13.2 Å². The van der Waals surface area contributed by atoms with Gasteiger partial charge in [-0.05, 0) is 12.5 Å². The van der Waals surface area contributed by atoms with Gasteiger partial charge in [0.2, 0.25) is 0 Å². The molecule has 2 N–H and O–H groups in total. The minimum Gasteiger partial charge on any atom is -0.467 e. The number of rotatable bonds is 9. The number of phosphoric acid groups is 1. The van der Waals surface area contributed by atoms with Gasteiger partial charge in [0.05, 0.1) is 20.3 Å². The molecule has 0 aromatic heterocycles. The molecule has 2 unspecified atom stereocenters. The van der Waals surface area contributed by atoms with Crippen molar-refractivity contribution in [2.75, 3.05) is 20.3 Å². The third-order valence-corrected chi connectivity index (χ3v) is 3.75. The third kappa shape index (κ3) is 7.56. The number of methoxy groups -OCH3 is 1. The predicted octanol–water partition coefficient (Wildman–Crippen LogP) is 1.61. The average Bonchev–Trinajstić information content (AvgIpc) is 2.57. The van der Waals surface area contributed by atoms with Crippen LogP contribution >= 0.6 is 7.82 Å². The van der Waals surface area contributed by atoms with E-state index in [1.807, 2.05) is 6.07 Å². The van der Waals surface area contributed by atoms with Gasteiger partial charge in [0, 0.05) is 0 Å². The van der Waals surface area contributed by atoms with Gasteiger partial charge in [-0.3, -0.25) is 9.05 Å². The lowest BCUT2D eigenvalue weighted by atomic mass is 10.2. The van der Waals surface area contributed by atoms with E-state index >= 15 is 0 Å². The predicted molar refractivity (Wildman–Crippen MR) is 83.0 cm³/mol. The van der Waals surface area contributed by atoms with E-state index in [4.69, 9.17) is 4.74 Å². The van der Waals surface area contributed by atoms with Crippen LogP contribution in [-0.4, -0.2) is 43.3 Å². The van der Waals surface area contributed by atoms with Gasteiger partial charge in [-0.25, -0.2) is 14.2 Å². The summed E-state index contributed by atoms with van der Waals surface area (Å²) >= 11 is 0. The number of hydrogen-bond donors (Lipinski definition) is 2.